The number of hydrogen-bond donors (Lipinski definition) is 1. The Morgan fingerprint density at radius 3 is 2.68 bits per heavy atom. The lowest BCUT2D eigenvalue weighted by molar-refractivity contribution is 0.442. The van der Waals surface area contributed by atoms with Crippen molar-refractivity contribution in [1.82, 2.24) is 5.32 Å². The molecule has 0 atom stereocenters. The van der Waals surface area contributed by atoms with Gasteiger partial charge in [-0.1, -0.05) is 36.7 Å². The van der Waals surface area contributed by atoms with Gasteiger partial charge in [0.2, 0.25) is 0 Å². The zero-order valence-electron chi connectivity index (χ0n) is 10.6. The van der Waals surface area contributed by atoms with Gasteiger partial charge in [-0.05, 0) is 36.4 Å². The molecule has 0 heterocycles. The number of halogens is 2. The first-order valence-corrected chi connectivity index (χ1v) is 6.50. The summed E-state index contributed by atoms with van der Waals surface area (Å²) in [5, 5.41) is 3.80. The van der Waals surface area contributed by atoms with Crippen molar-refractivity contribution < 1.29 is 9.13 Å². The Morgan fingerprint density at radius 2 is 2.00 bits per heavy atom. The molecule has 0 bridgehead atoms. The molecule has 2 rings (SSSR count). The molecule has 4 heteroatoms. The molecule has 0 unspecified atom stereocenters. The molecule has 100 valence electrons. The number of ether oxygens (including phenoxy) is 1. The van der Waals surface area contributed by atoms with Crippen LogP contribution in [0.15, 0.2) is 42.5 Å². The Bertz CT molecular complexity index is 560. The molecule has 0 aliphatic heterocycles. The lowest BCUT2D eigenvalue weighted by Crippen LogP contribution is -2.11. The normalized spacial score (nSPS) is 10.5. The second-order valence-corrected chi connectivity index (χ2v) is 4.47. The molecular weight excluding hydrogens is 265 g/mol. The van der Waals surface area contributed by atoms with Crippen molar-refractivity contribution in [2.45, 2.75) is 13.5 Å². The van der Waals surface area contributed by atoms with E-state index in [2.05, 4.69) is 5.32 Å². The van der Waals surface area contributed by atoms with Crippen molar-refractivity contribution in [3.63, 3.8) is 0 Å². The average Bonchev–Trinajstić information content (AvgIpc) is 2.40. The summed E-state index contributed by atoms with van der Waals surface area (Å²) in [5.74, 6) is 0.323. The Balaban J connectivity index is 2.14. The van der Waals surface area contributed by atoms with Gasteiger partial charge in [0.1, 0.15) is 5.75 Å². The van der Waals surface area contributed by atoms with Gasteiger partial charge in [0.25, 0.3) is 0 Å². The van der Waals surface area contributed by atoms with E-state index in [0.29, 0.717) is 17.3 Å². The molecule has 0 amide bonds. The van der Waals surface area contributed by atoms with Crippen LogP contribution in [0.5, 0.6) is 11.5 Å². The van der Waals surface area contributed by atoms with Crippen molar-refractivity contribution in [2.24, 2.45) is 0 Å². The maximum absolute atomic E-state index is 13.5. The standard InChI is InChI=1S/C15H15ClFNO/c1-2-18-10-11-7-8-12(9-13(11)16)19-15-6-4-3-5-14(15)17/h3-9,18H,2,10H2,1H3. The summed E-state index contributed by atoms with van der Waals surface area (Å²) in [4.78, 5) is 0. The number of nitrogens with one attached hydrogen (secondary N) is 1. The van der Waals surface area contributed by atoms with Gasteiger partial charge in [0.15, 0.2) is 11.6 Å². The van der Waals surface area contributed by atoms with Crippen molar-refractivity contribution in [3.8, 4) is 11.5 Å². The highest BCUT2D eigenvalue weighted by Gasteiger charge is 2.06. The summed E-state index contributed by atoms with van der Waals surface area (Å²) in [6.45, 7) is 3.61. The molecule has 0 saturated carbocycles. The summed E-state index contributed by atoms with van der Waals surface area (Å²) in [5.41, 5.74) is 0.990. The van der Waals surface area contributed by atoms with Crippen LogP contribution in [0.4, 0.5) is 4.39 Å². The fraction of sp³-hybridized carbons (Fsp3) is 0.200. The van der Waals surface area contributed by atoms with Gasteiger partial charge < -0.3 is 10.1 Å². The molecule has 2 aromatic rings. The summed E-state index contributed by atoms with van der Waals surface area (Å²) < 4.78 is 18.9. The van der Waals surface area contributed by atoms with Crippen molar-refractivity contribution in [2.75, 3.05) is 6.54 Å². The Hall–Kier alpha value is -1.58. The molecule has 0 radical (unpaired) electrons. The van der Waals surface area contributed by atoms with E-state index in [0.717, 1.165) is 12.1 Å². The van der Waals surface area contributed by atoms with Gasteiger partial charge in [-0.15, -0.1) is 0 Å². The number of rotatable bonds is 5. The zero-order chi connectivity index (χ0) is 13.7. The van der Waals surface area contributed by atoms with E-state index < -0.39 is 5.82 Å². The summed E-state index contributed by atoms with van der Waals surface area (Å²) in [6, 6.07) is 11.6. The molecule has 0 aliphatic rings. The first-order chi connectivity index (χ1) is 9.20. The molecule has 0 fully saturated rings. The van der Waals surface area contributed by atoms with Crippen LogP contribution >= 0.6 is 11.6 Å². The van der Waals surface area contributed by atoms with Gasteiger partial charge in [-0.2, -0.15) is 0 Å². The van der Waals surface area contributed by atoms with E-state index in [9.17, 15) is 4.39 Å². The molecule has 2 nitrogen and oxygen atoms in total. The minimum atomic E-state index is -0.393. The molecule has 0 saturated heterocycles. The minimum Gasteiger partial charge on any atom is -0.454 e. The Kier molecular flexibility index (Phi) is 4.77. The van der Waals surface area contributed by atoms with Gasteiger partial charge in [-0.25, -0.2) is 4.39 Å². The highest BCUT2D eigenvalue weighted by molar-refractivity contribution is 6.31. The van der Waals surface area contributed by atoms with E-state index in [1.807, 2.05) is 13.0 Å². The number of hydrogen-bond acceptors (Lipinski definition) is 2. The first kappa shape index (κ1) is 13.8. The largest absolute Gasteiger partial charge is 0.454 e. The third-order valence-corrected chi connectivity index (χ3v) is 3.01. The maximum Gasteiger partial charge on any atom is 0.165 e. The lowest BCUT2D eigenvalue weighted by Gasteiger charge is -2.09. The van der Waals surface area contributed by atoms with E-state index in [1.54, 1.807) is 30.3 Å². The van der Waals surface area contributed by atoms with Crippen LogP contribution in [0.1, 0.15) is 12.5 Å². The predicted molar refractivity (Wildman–Crippen MR) is 75.3 cm³/mol. The fourth-order valence-electron chi connectivity index (χ4n) is 1.65. The van der Waals surface area contributed by atoms with E-state index in [-0.39, 0.29) is 5.75 Å². The van der Waals surface area contributed by atoms with Crippen LogP contribution in [-0.4, -0.2) is 6.54 Å². The third kappa shape index (κ3) is 3.69. The second-order valence-electron chi connectivity index (χ2n) is 4.07. The smallest absolute Gasteiger partial charge is 0.165 e. The van der Waals surface area contributed by atoms with Gasteiger partial charge >= 0.3 is 0 Å². The van der Waals surface area contributed by atoms with Gasteiger partial charge in [0.05, 0.1) is 0 Å². The van der Waals surface area contributed by atoms with E-state index in [1.165, 1.54) is 6.07 Å². The third-order valence-electron chi connectivity index (χ3n) is 2.65. The molecule has 0 spiro atoms. The second kappa shape index (κ2) is 6.55. The first-order valence-electron chi connectivity index (χ1n) is 6.12. The quantitative estimate of drug-likeness (QED) is 0.877. The lowest BCUT2D eigenvalue weighted by atomic mass is 10.2. The Morgan fingerprint density at radius 1 is 1.21 bits per heavy atom. The van der Waals surface area contributed by atoms with Crippen molar-refractivity contribution >= 4 is 11.6 Å². The molecule has 0 aromatic heterocycles. The zero-order valence-corrected chi connectivity index (χ0v) is 11.4. The van der Waals surface area contributed by atoms with Gasteiger partial charge in [-0.3, -0.25) is 0 Å². The van der Waals surface area contributed by atoms with Crippen LogP contribution in [0, 0.1) is 5.82 Å². The molecular formula is C15H15ClFNO. The maximum atomic E-state index is 13.5. The highest BCUT2D eigenvalue weighted by atomic mass is 35.5. The predicted octanol–water partition coefficient (Wildman–Crippen LogP) is 4.38. The van der Waals surface area contributed by atoms with Crippen LogP contribution in [0.2, 0.25) is 5.02 Å². The molecule has 19 heavy (non-hydrogen) atoms. The van der Waals surface area contributed by atoms with Crippen molar-refractivity contribution in [3.05, 3.63) is 58.9 Å². The molecule has 1 N–H and O–H groups in total. The van der Waals surface area contributed by atoms with E-state index >= 15 is 0 Å². The minimum absolute atomic E-state index is 0.193. The summed E-state index contributed by atoms with van der Waals surface area (Å²) >= 11 is 6.16. The van der Waals surface area contributed by atoms with Crippen LogP contribution in [0.3, 0.4) is 0 Å². The SMILES string of the molecule is CCNCc1ccc(Oc2ccccc2F)cc1Cl. The summed E-state index contributed by atoms with van der Waals surface area (Å²) in [6.07, 6.45) is 0. The summed E-state index contributed by atoms with van der Waals surface area (Å²) in [7, 11) is 0. The van der Waals surface area contributed by atoms with Gasteiger partial charge in [0, 0.05) is 11.6 Å². The van der Waals surface area contributed by atoms with Crippen LogP contribution < -0.4 is 10.1 Å². The molecule has 0 aliphatic carbocycles. The monoisotopic (exact) mass is 279 g/mol. The Labute approximate surface area is 117 Å². The van der Waals surface area contributed by atoms with Crippen molar-refractivity contribution in [1.29, 1.82) is 0 Å². The average molecular weight is 280 g/mol. The van der Waals surface area contributed by atoms with Crippen LogP contribution in [-0.2, 0) is 6.54 Å². The number of benzene rings is 2. The molecule has 2 aromatic carbocycles. The fourth-order valence-corrected chi connectivity index (χ4v) is 1.89. The van der Waals surface area contributed by atoms with E-state index in [4.69, 9.17) is 16.3 Å². The highest BCUT2D eigenvalue weighted by Crippen LogP contribution is 2.28. The van der Waals surface area contributed by atoms with Crippen LogP contribution in [0.25, 0.3) is 0 Å². The number of para-hydroxylation sites is 1. The topological polar surface area (TPSA) is 21.3 Å².